The minimum Gasteiger partial charge on any atom is -0.337 e. The predicted octanol–water partition coefficient (Wildman–Crippen LogP) is 4.83. The van der Waals surface area contributed by atoms with Crippen LogP contribution in [0.4, 0.5) is 0 Å². The predicted molar refractivity (Wildman–Crippen MR) is 124 cm³/mol. The summed E-state index contributed by atoms with van der Waals surface area (Å²) in [6.07, 6.45) is 6.85. The lowest BCUT2D eigenvalue weighted by atomic mass is 9.98. The van der Waals surface area contributed by atoms with Crippen molar-refractivity contribution < 1.29 is 4.79 Å². The molecule has 0 N–H and O–H groups in total. The number of piperidine rings is 1. The van der Waals surface area contributed by atoms with E-state index in [1.54, 1.807) is 12.4 Å². The van der Waals surface area contributed by atoms with Gasteiger partial charge in [-0.1, -0.05) is 17.8 Å². The first-order valence-electron chi connectivity index (χ1n) is 10.8. The molecule has 1 aliphatic rings. The molecule has 31 heavy (non-hydrogen) atoms. The highest BCUT2D eigenvalue weighted by Crippen LogP contribution is 2.30. The normalized spacial score (nSPS) is 18.9. The number of nitrogens with zero attached hydrogens (tertiary/aromatic N) is 5. The molecule has 1 aliphatic heterocycles. The number of amides is 1. The number of hydrogen-bond acceptors (Lipinski definition) is 5. The van der Waals surface area contributed by atoms with Gasteiger partial charge in [-0.2, -0.15) is 0 Å². The van der Waals surface area contributed by atoms with E-state index in [-0.39, 0.29) is 5.91 Å². The number of aromatic nitrogens is 4. The number of thioether (sulfide) groups is 1. The molecule has 4 rings (SSSR count). The third kappa shape index (κ3) is 4.51. The number of pyridine rings is 1. The van der Waals surface area contributed by atoms with Crippen molar-refractivity contribution in [3.8, 4) is 17.1 Å². The van der Waals surface area contributed by atoms with Gasteiger partial charge in [0, 0.05) is 30.0 Å². The fourth-order valence-electron chi connectivity index (χ4n) is 4.26. The van der Waals surface area contributed by atoms with E-state index in [1.165, 1.54) is 29.3 Å². The summed E-state index contributed by atoms with van der Waals surface area (Å²) in [4.78, 5) is 19.2. The van der Waals surface area contributed by atoms with Crippen LogP contribution >= 0.6 is 11.8 Å². The molecule has 7 heteroatoms. The van der Waals surface area contributed by atoms with Crippen molar-refractivity contribution in [2.75, 3.05) is 5.75 Å². The Bertz CT molecular complexity index is 1060. The monoisotopic (exact) mass is 435 g/mol. The summed E-state index contributed by atoms with van der Waals surface area (Å²) >= 11 is 1.46. The zero-order valence-corrected chi connectivity index (χ0v) is 19.4. The highest BCUT2D eigenvalue weighted by molar-refractivity contribution is 7.99. The largest absolute Gasteiger partial charge is 0.337 e. The van der Waals surface area contributed by atoms with Gasteiger partial charge >= 0.3 is 0 Å². The first-order valence-corrected chi connectivity index (χ1v) is 11.8. The number of rotatable bonds is 5. The molecule has 1 fully saturated rings. The van der Waals surface area contributed by atoms with Crippen LogP contribution in [0.25, 0.3) is 17.1 Å². The number of aryl methyl sites for hydroxylation is 2. The first kappa shape index (κ1) is 21.6. The highest BCUT2D eigenvalue weighted by Gasteiger charge is 2.29. The van der Waals surface area contributed by atoms with Gasteiger partial charge in [-0.25, -0.2) is 0 Å². The van der Waals surface area contributed by atoms with Gasteiger partial charge in [0.15, 0.2) is 11.0 Å². The van der Waals surface area contributed by atoms with E-state index >= 15 is 0 Å². The molecule has 0 saturated carbocycles. The second-order valence-corrected chi connectivity index (χ2v) is 9.31. The van der Waals surface area contributed by atoms with Crippen molar-refractivity contribution >= 4 is 17.7 Å². The van der Waals surface area contributed by atoms with E-state index < -0.39 is 0 Å². The van der Waals surface area contributed by atoms with Crippen molar-refractivity contribution in [1.29, 1.82) is 0 Å². The summed E-state index contributed by atoms with van der Waals surface area (Å²) in [5, 5.41) is 9.66. The number of carbonyl (C=O) groups excluding carboxylic acids is 1. The van der Waals surface area contributed by atoms with Crippen molar-refractivity contribution in [1.82, 2.24) is 24.6 Å². The second-order valence-electron chi connectivity index (χ2n) is 8.36. The first-order chi connectivity index (χ1) is 15.0. The van der Waals surface area contributed by atoms with Crippen LogP contribution < -0.4 is 0 Å². The van der Waals surface area contributed by atoms with E-state index in [0.717, 1.165) is 35.1 Å². The van der Waals surface area contributed by atoms with Gasteiger partial charge in [-0.3, -0.25) is 14.3 Å². The maximum absolute atomic E-state index is 13.1. The molecule has 162 valence electrons. The van der Waals surface area contributed by atoms with Crippen molar-refractivity contribution in [2.24, 2.45) is 0 Å². The van der Waals surface area contributed by atoms with Crippen LogP contribution in [-0.4, -0.2) is 48.4 Å². The van der Waals surface area contributed by atoms with Gasteiger partial charge in [0.2, 0.25) is 5.91 Å². The molecule has 1 amide bonds. The van der Waals surface area contributed by atoms with Crippen LogP contribution in [-0.2, 0) is 4.79 Å². The van der Waals surface area contributed by atoms with Crippen LogP contribution in [0.3, 0.4) is 0 Å². The Hall–Kier alpha value is -2.67. The second kappa shape index (κ2) is 9.22. The molecule has 3 aromatic rings. The van der Waals surface area contributed by atoms with E-state index in [1.807, 2.05) is 16.7 Å². The summed E-state index contributed by atoms with van der Waals surface area (Å²) < 4.78 is 2.04. The molecule has 2 aromatic heterocycles. The Morgan fingerprint density at radius 2 is 1.74 bits per heavy atom. The molecular weight excluding hydrogens is 406 g/mol. The molecule has 0 bridgehead atoms. The summed E-state index contributed by atoms with van der Waals surface area (Å²) in [7, 11) is 0. The average molecular weight is 436 g/mol. The summed E-state index contributed by atoms with van der Waals surface area (Å²) in [6.45, 7) is 8.50. The molecule has 0 spiro atoms. The SMILES string of the molecule is Cc1ccc(-n2c(SCC(=O)N3[C@H](C)CCC[C@@H]3C)nnc2-c2ccncc2)cc1C. The van der Waals surface area contributed by atoms with Gasteiger partial charge in [-0.05, 0) is 82.3 Å². The van der Waals surface area contributed by atoms with Crippen LogP contribution in [0.5, 0.6) is 0 Å². The van der Waals surface area contributed by atoms with Crippen LogP contribution in [0.2, 0.25) is 0 Å². The fourth-order valence-corrected chi connectivity index (χ4v) is 5.08. The summed E-state index contributed by atoms with van der Waals surface area (Å²) in [5.41, 5.74) is 4.38. The third-order valence-corrected chi connectivity index (χ3v) is 7.04. The lowest BCUT2D eigenvalue weighted by Gasteiger charge is -2.39. The molecule has 3 heterocycles. The Balaban J connectivity index is 1.65. The number of benzene rings is 1. The quantitative estimate of drug-likeness (QED) is 0.537. The lowest BCUT2D eigenvalue weighted by molar-refractivity contribution is -0.134. The highest BCUT2D eigenvalue weighted by atomic mass is 32.2. The molecular formula is C24H29N5OS. The Kier molecular flexibility index (Phi) is 6.41. The average Bonchev–Trinajstić information content (AvgIpc) is 3.18. The van der Waals surface area contributed by atoms with Crippen LogP contribution in [0, 0.1) is 13.8 Å². The van der Waals surface area contributed by atoms with Crippen molar-refractivity contribution in [2.45, 2.75) is 64.2 Å². The van der Waals surface area contributed by atoms with Crippen molar-refractivity contribution in [3.63, 3.8) is 0 Å². The van der Waals surface area contributed by atoms with Gasteiger partial charge in [-0.15, -0.1) is 10.2 Å². The Morgan fingerprint density at radius 1 is 1.03 bits per heavy atom. The van der Waals surface area contributed by atoms with Gasteiger partial charge < -0.3 is 4.90 Å². The molecule has 0 radical (unpaired) electrons. The molecule has 1 saturated heterocycles. The third-order valence-electron chi connectivity index (χ3n) is 6.13. The van der Waals surface area contributed by atoms with Gasteiger partial charge in [0.1, 0.15) is 0 Å². The van der Waals surface area contributed by atoms with E-state index in [0.29, 0.717) is 17.8 Å². The molecule has 0 aliphatic carbocycles. The number of carbonyl (C=O) groups is 1. The molecule has 1 aromatic carbocycles. The van der Waals surface area contributed by atoms with Crippen molar-refractivity contribution in [3.05, 3.63) is 53.9 Å². The lowest BCUT2D eigenvalue weighted by Crippen LogP contribution is -2.48. The topological polar surface area (TPSA) is 63.9 Å². The van der Waals surface area contributed by atoms with E-state index in [2.05, 4.69) is 66.0 Å². The molecule has 0 unspecified atom stereocenters. The minimum atomic E-state index is 0.171. The fraction of sp³-hybridized carbons (Fsp3) is 0.417. The van der Waals surface area contributed by atoms with Crippen LogP contribution in [0.1, 0.15) is 44.2 Å². The van der Waals surface area contributed by atoms with E-state index in [9.17, 15) is 4.79 Å². The maximum Gasteiger partial charge on any atom is 0.233 e. The maximum atomic E-state index is 13.1. The van der Waals surface area contributed by atoms with E-state index in [4.69, 9.17) is 0 Å². The summed E-state index contributed by atoms with van der Waals surface area (Å²) in [6, 6.07) is 10.8. The number of hydrogen-bond donors (Lipinski definition) is 0. The van der Waals surface area contributed by atoms with Crippen LogP contribution in [0.15, 0.2) is 47.9 Å². The molecule has 6 nitrogen and oxygen atoms in total. The number of likely N-dealkylation sites (tertiary alicyclic amines) is 1. The smallest absolute Gasteiger partial charge is 0.233 e. The Labute approximate surface area is 188 Å². The van der Waals surface area contributed by atoms with Gasteiger partial charge in [0.05, 0.1) is 11.4 Å². The Morgan fingerprint density at radius 3 is 2.42 bits per heavy atom. The molecule has 2 atom stereocenters. The summed E-state index contributed by atoms with van der Waals surface area (Å²) in [5.74, 6) is 1.28. The minimum absolute atomic E-state index is 0.171. The zero-order chi connectivity index (χ0) is 22.0. The van der Waals surface area contributed by atoms with Gasteiger partial charge in [0.25, 0.3) is 0 Å². The zero-order valence-electron chi connectivity index (χ0n) is 18.6. The standard InChI is InChI=1S/C24H29N5OS/c1-16-8-9-21(14-17(16)2)29-23(20-10-12-25-13-11-20)26-27-24(29)31-15-22(30)28-18(3)6-5-7-19(28)4/h8-14,18-19H,5-7,15H2,1-4H3/t18-,19+.